The Morgan fingerprint density at radius 1 is 1.14 bits per heavy atom. The number of carbonyl (C=O) groups excluding carboxylic acids is 1. The minimum atomic E-state index is -1.01. The quantitative estimate of drug-likeness (QED) is 0.844. The molecule has 0 atom stereocenters. The van der Waals surface area contributed by atoms with E-state index in [-0.39, 0.29) is 12.5 Å². The molecule has 114 valence electrons. The van der Waals surface area contributed by atoms with Crippen molar-refractivity contribution in [1.82, 2.24) is 0 Å². The van der Waals surface area contributed by atoms with Crippen molar-refractivity contribution in [2.45, 2.75) is 38.5 Å². The van der Waals surface area contributed by atoms with E-state index in [2.05, 4.69) is 5.32 Å². The van der Waals surface area contributed by atoms with Gasteiger partial charge in [0.25, 0.3) is 0 Å². The SMILES string of the molecule is O=C(O)COc1ccc(NC(=O)CC2CCCCC2)cc1. The number of ether oxygens (including phenoxy) is 1. The first-order valence-electron chi connectivity index (χ1n) is 7.38. The van der Waals surface area contributed by atoms with Crippen LogP contribution < -0.4 is 10.1 Å². The molecule has 1 aliphatic carbocycles. The lowest BCUT2D eigenvalue weighted by Gasteiger charge is -2.20. The average Bonchev–Trinajstić information content (AvgIpc) is 2.47. The van der Waals surface area contributed by atoms with Gasteiger partial charge in [-0.3, -0.25) is 4.79 Å². The molecule has 1 amide bonds. The Morgan fingerprint density at radius 2 is 1.81 bits per heavy atom. The number of carboxylic acid groups (broad SMARTS) is 1. The van der Waals surface area contributed by atoms with Crippen LogP contribution in [0.25, 0.3) is 0 Å². The number of amides is 1. The highest BCUT2D eigenvalue weighted by atomic mass is 16.5. The van der Waals surface area contributed by atoms with Gasteiger partial charge in [-0.2, -0.15) is 0 Å². The zero-order valence-corrected chi connectivity index (χ0v) is 12.0. The molecule has 2 rings (SSSR count). The fourth-order valence-electron chi connectivity index (χ4n) is 2.65. The number of benzene rings is 1. The summed E-state index contributed by atoms with van der Waals surface area (Å²) in [6, 6.07) is 6.74. The van der Waals surface area contributed by atoms with E-state index in [0.29, 0.717) is 23.8 Å². The average molecular weight is 291 g/mol. The van der Waals surface area contributed by atoms with Gasteiger partial charge in [-0.15, -0.1) is 0 Å². The van der Waals surface area contributed by atoms with Crippen molar-refractivity contribution in [3.8, 4) is 5.75 Å². The number of carboxylic acids is 1. The molecule has 1 saturated carbocycles. The van der Waals surface area contributed by atoms with Gasteiger partial charge < -0.3 is 15.2 Å². The molecule has 0 unspecified atom stereocenters. The lowest BCUT2D eigenvalue weighted by atomic mass is 9.87. The Kier molecular flexibility index (Phi) is 5.60. The largest absolute Gasteiger partial charge is 0.482 e. The number of anilines is 1. The van der Waals surface area contributed by atoms with E-state index in [0.717, 1.165) is 12.8 Å². The normalized spacial score (nSPS) is 15.4. The van der Waals surface area contributed by atoms with Crippen molar-refractivity contribution in [3.63, 3.8) is 0 Å². The zero-order chi connectivity index (χ0) is 15.1. The molecule has 0 saturated heterocycles. The Labute approximate surface area is 124 Å². The molecule has 1 aliphatic rings. The molecule has 5 heteroatoms. The molecule has 1 aromatic carbocycles. The summed E-state index contributed by atoms with van der Waals surface area (Å²) in [5, 5.41) is 11.4. The predicted molar refractivity (Wildman–Crippen MR) is 79.4 cm³/mol. The summed E-state index contributed by atoms with van der Waals surface area (Å²) in [6.07, 6.45) is 6.62. The molecule has 21 heavy (non-hydrogen) atoms. The van der Waals surface area contributed by atoms with E-state index in [4.69, 9.17) is 9.84 Å². The topological polar surface area (TPSA) is 75.6 Å². The number of rotatable bonds is 6. The fraction of sp³-hybridized carbons (Fsp3) is 0.500. The minimum Gasteiger partial charge on any atom is -0.482 e. The van der Waals surface area contributed by atoms with Crippen molar-refractivity contribution in [2.75, 3.05) is 11.9 Å². The summed E-state index contributed by atoms with van der Waals surface area (Å²) in [5.74, 6) is 0.0144. The number of hydrogen-bond acceptors (Lipinski definition) is 3. The highest BCUT2D eigenvalue weighted by Crippen LogP contribution is 2.26. The Hall–Kier alpha value is -2.04. The van der Waals surface area contributed by atoms with Crippen LogP contribution in [0.15, 0.2) is 24.3 Å². The molecular weight excluding hydrogens is 270 g/mol. The molecule has 1 fully saturated rings. The van der Waals surface area contributed by atoms with Crippen molar-refractivity contribution in [1.29, 1.82) is 0 Å². The van der Waals surface area contributed by atoms with Gasteiger partial charge in [-0.05, 0) is 43.0 Å². The minimum absolute atomic E-state index is 0.0427. The second-order valence-electron chi connectivity index (χ2n) is 5.46. The third-order valence-electron chi connectivity index (χ3n) is 3.70. The van der Waals surface area contributed by atoms with Gasteiger partial charge in [0.2, 0.25) is 5.91 Å². The highest BCUT2D eigenvalue weighted by Gasteiger charge is 2.17. The maximum absolute atomic E-state index is 12.0. The van der Waals surface area contributed by atoms with Gasteiger partial charge in [0.05, 0.1) is 0 Å². The van der Waals surface area contributed by atoms with E-state index < -0.39 is 5.97 Å². The van der Waals surface area contributed by atoms with Gasteiger partial charge in [-0.25, -0.2) is 4.79 Å². The van der Waals surface area contributed by atoms with E-state index in [9.17, 15) is 9.59 Å². The van der Waals surface area contributed by atoms with Crippen molar-refractivity contribution in [2.24, 2.45) is 5.92 Å². The van der Waals surface area contributed by atoms with Crippen molar-refractivity contribution in [3.05, 3.63) is 24.3 Å². The van der Waals surface area contributed by atoms with Crippen LogP contribution in [0.4, 0.5) is 5.69 Å². The van der Waals surface area contributed by atoms with Gasteiger partial charge in [-0.1, -0.05) is 19.3 Å². The van der Waals surface area contributed by atoms with E-state index in [1.54, 1.807) is 24.3 Å². The molecular formula is C16H21NO4. The maximum Gasteiger partial charge on any atom is 0.341 e. The van der Waals surface area contributed by atoms with Gasteiger partial charge in [0, 0.05) is 12.1 Å². The third-order valence-corrected chi connectivity index (χ3v) is 3.70. The smallest absolute Gasteiger partial charge is 0.341 e. The van der Waals surface area contributed by atoms with Crippen LogP contribution in [0.1, 0.15) is 38.5 Å². The second-order valence-corrected chi connectivity index (χ2v) is 5.46. The second kappa shape index (κ2) is 7.67. The zero-order valence-electron chi connectivity index (χ0n) is 12.0. The first-order valence-corrected chi connectivity index (χ1v) is 7.38. The van der Waals surface area contributed by atoms with Crippen LogP contribution in [0, 0.1) is 5.92 Å². The van der Waals surface area contributed by atoms with E-state index >= 15 is 0 Å². The number of nitrogens with one attached hydrogen (secondary N) is 1. The molecule has 2 N–H and O–H groups in total. The van der Waals surface area contributed by atoms with Crippen LogP contribution in [-0.2, 0) is 9.59 Å². The van der Waals surface area contributed by atoms with E-state index in [1.165, 1.54) is 19.3 Å². The van der Waals surface area contributed by atoms with E-state index in [1.807, 2.05) is 0 Å². The van der Waals surface area contributed by atoms with Crippen molar-refractivity contribution >= 4 is 17.6 Å². The first kappa shape index (κ1) is 15.4. The molecule has 0 aliphatic heterocycles. The van der Waals surface area contributed by atoms with Crippen molar-refractivity contribution < 1.29 is 19.4 Å². The number of carbonyl (C=O) groups is 2. The summed E-state index contributed by atoms with van der Waals surface area (Å²) >= 11 is 0. The highest BCUT2D eigenvalue weighted by molar-refractivity contribution is 5.90. The summed E-state index contributed by atoms with van der Waals surface area (Å²) in [7, 11) is 0. The van der Waals surface area contributed by atoms with Gasteiger partial charge >= 0.3 is 5.97 Å². The standard InChI is InChI=1S/C16H21NO4/c18-15(10-12-4-2-1-3-5-12)17-13-6-8-14(9-7-13)21-11-16(19)20/h6-9,12H,1-5,10-11H2,(H,17,18)(H,19,20). The maximum atomic E-state index is 12.0. The lowest BCUT2D eigenvalue weighted by Crippen LogP contribution is -2.18. The third kappa shape index (κ3) is 5.45. The molecule has 0 radical (unpaired) electrons. The molecule has 0 spiro atoms. The lowest BCUT2D eigenvalue weighted by molar-refractivity contribution is -0.139. The van der Waals surface area contributed by atoms with Crippen LogP contribution in [0.3, 0.4) is 0 Å². The summed E-state index contributed by atoms with van der Waals surface area (Å²) < 4.78 is 5.04. The molecule has 1 aromatic rings. The predicted octanol–water partition coefficient (Wildman–Crippen LogP) is 3.06. The van der Waals surface area contributed by atoms with Crippen LogP contribution in [0.2, 0.25) is 0 Å². The Morgan fingerprint density at radius 3 is 2.43 bits per heavy atom. The monoisotopic (exact) mass is 291 g/mol. The summed E-state index contributed by atoms with van der Waals surface area (Å²) in [4.78, 5) is 22.4. The van der Waals surface area contributed by atoms with Gasteiger partial charge in [0.1, 0.15) is 5.75 Å². The Balaban J connectivity index is 1.79. The Bertz CT molecular complexity index is 478. The fourth-order valence-corrected chi connectivity index (χ4v) is 2.65. The molecule has 0 heterocycles. The van der Waals surface area contributed by atoms with Crippen LogP contribution in [0.5, 0.6) is 5.75 Å². The van der Waals surface area contributed by atoms with Gasteiger partial charge in [0.15, 0.2) is 6.61 Å². The molecule has 0 aromatic heterocycles. The first-order chi connectivity index (χ1) is 10.1. The molecule has 5 nitrogen and oxygen atoms in total. The van der Waals surface area contributed by atoms with Crippen LogP contribution in [-0.4, -0.2) is 23.6 Å². The summed E-state index contributed by atoms with van der Waals surface area (Å²) in [6.45, 7) is -0.368. The van der Waals surface area contributed by atoms with Crippen LogP contribution >= 0.6 is 0 Å². The molecule has 0 bridgehead atoms. The number of hydrogen-bond donors (Lipinski definition) is 2. The summed E-state index contributed by atoms with van der Waals surface area (Å²) in [5.41, 5.74) is 0.707. The number of aliphatic carboxylic acids is 1.